The van der Waals surface area contributed by atoms with E-state index in [4.69, 9.17) is 0 Å². The summed E-state index contributed by atoms with van der Waals surface area (Å²) in [4.78, 5) is 15.4. The molecule has 110 valence electrons. The molecule has 4 rings (SSSR count). The van der Waals surface area contributed by atoms with Crippen molar-refractivity contribution < 1.29 is 9.18 Å². The number of hydrogen-bond acceptors (Lipinski definition) is 1. The molecule has 0 atom stereocenters. The minimum absolute atomic E-state index is 0.119. The van der Waals surface area contributed by atoms with E-state index in [1.54, 1.807) is 12.1 Å². The second-order valence-electron chi connectivity index (χ2n) is 5.76. The van der Waals surface area contributed by atoms with Crippen LogP contribution in [0.15, 0.2) is 48.5 Å². The first-order valence-corrected chi connectivity index (χ1v) is 7.35. The molecule has 2 aromatic carbocycles. The van der Waals surface area contributed by atoms with E-state index in [1.165, 1.54) is 23.3 Å². The van der Waals surface area contributed by atoms with Gasteiger partial charge >= 0.3 is 0 Å². The number of carbonyl (C=O) groups is 1. The highest BCUT2D eigenvalue weighted by molar-refractivity contribution is 5.98. The minimum Gasteiger partial charge on any atom is -0.351 e. The van der Waals surface area contributed by atoms with Gasteiger partial charge < -0.3 is 10.3 Å². The summed E-state index contributed by atoms with van der Waals surface area (Å²) in [6, 6.07) is 14.5. The number of H-pyrrole nitrogens is 1. The fourth-order valence-corrected chi connectivity index (χ4v) is 3.15. The zero-order valence-corrected chi connectivity index (χ0v) is 11.9. The predicted molar refractivity (Wildman–Crippen MR) is 83.4 cm³/mol. The van der Waals surface area contributed by atoms with Gasteiger partial charge in [-0.25, -0.2) is 4.39 Å². The first kappa shape index (κ1) is 13.1. The number of aromatic amines is 1. The normalized spacial score (nSPS) is 14.2. The molecule has 4 heteroatoms. The molecule has 1 aromatic heterocycles. The number of amides is 1. The summed E-state index contributed by atoms with van der Waals surface area (Å²) in [6.07, 6.45) is 1.72. The fourth-order valence-electron chi connectivity index (χ4n) is 3.15. The van der Waals surface area contributed by atoms with Gasteiger partial charge in [-0.3, -0.25) is 4.79 Å². The van der Waals surface area contributed by atoms with Crippen LogP contribution >= 0.6 is 0 Å². The van der Waals surface area contributed by atoms with Crippen LogP contribution < -0.4 is 5.32 Å². The van der Waals surface area contributed by atoms with Crippen LogP contribution in [0, 0.1) is 5.82 Å². The average Bonchev–Trinajstić information content (AvgIpc) is 3.09. The molecule has 0 aliphatic heterocycles. The maximum absolute atomic E-state index is 13.2. The van der Waals surface area contributed by atoms with Crippen molar-refractivity contribution in [3.05, 3.63) is 71.2 Å². The Labute approximate surface area is 127 Å². The quantitative estimate of drug-likeness (QED) is 0.749. The molecule has 1 heterocycles. The van der Waals surface area contributed by atoms with Crippen LogP contribution in [0.4, 0.5) is 4.39 Å². The number of fused-ring (bicyclic) bond motifs is 2. The zero-order chi connectivity index (χ0) is 15.1. The first-order valence-electron chi connectivity index (χ1n) is 7.35. The fraction of sp³-hybridized carbons (Fsp3) is 0.167. The lowest BCUT2D eigenvalue weighted by atomic mass is 10.1. The van der Waals surface area contributed by atoms with Crippen LogP contribution in [-0.4, -0.2) is 16.9 Å². The van der Waals surface area contributed by atoms with Gasteiger partial charge in [-0.2, -0.15) is 0 Å². The number of nitrogens with one attached hydrogen (secondary N) is 2. The second-order valence-corrected chi connectivity index (χ2v) is 5.76. The number of hydrogen-bond donors (Lipinski definition) is 2. The Morgan fingerprint density at radius 2 is 1.82 bits per heavy atom. The molecule has 3 nitrogen and oxygen atoms in total. The van der Waals surface area contributed by atoms with Crippen LogP contribution in [0.3, 0.4) is 0 Å². The molecule has 0 unspecified atom stereocenters. The molecular formula is C18H15FN2O. The topological polar surface area (TPSA) is 44.9 Å². The maximum atomic E-state index is 13.2. The number of benzene rings is 2. The third-order valence-corrected chi connectivity index (χ3v) is 4.21. The summed E-state index contributed by atoms with van der Waals surface area (Å²) in [5.74, 6) is -0.445. The van der Waals surface area contributed by atoms with E-state index in [9.17, 15) is 9.18 Å². The van der Waals surface area contributed by atoms with E-state index in [1.807, 2.05) is 12.1 Å². The van der Waals surface area contributed by atoms with Crippen LogP contribution in [0.5, 0.6) is 0 Å². The van der Waals surface area contributed by atoms with E-state index >= 15 is 0 Å². The Balaban J connectivity index is 1.52. The van der Waals surface area contributed by atoms with Crippen LogP contribution in [0.25, 0.3) is 10.9 Å². The summed E-state index contributed by atoms with van der Waals surface area (Å²) in [7, 11) is 0. The highest BCUT2D eigenvalue weighted by atomic mass is 19.1. The number of aromatic nitrogens is 1. The molecule has 0 spiro atoms. The van der Waals surface area contributed by atoms with Gasteiger partial charge in [0.2, 0.25) is 0 Å². The summed E-state index contributed by atoms with van der Waals surface area (Å²) >= 11 is 0. The third-order valence-electron chi connectivity index (χ3n) is 4.21. The molecule has 1 amide bonds. The van der Waals surface area contributed by atoms with Gasteiger partial charge in [-0.15, -0.1) is 0 Å². The standard InChI is InChI=1S/C18H15FN2O/c19-14-5-6-16-13(7-14)10-17(21-16)18(22)20-15-8-11-3-1-2-4-12(11)9-15/h1-7,10,15,21H,8-9H2,(H,20,22). The molecule has 22 heavy (non-hydrogen) atoms. The Morgan fingerprint density at radius 3 is 2.55 bits per heavy atom. The number of carbonyl (C=O) groups excluding carboxylic acids is 1. The van der Waals surface area contributed by atoms with Gasteiger partial charge in [0.05, 0.1) is 0 Å². The Bertz CT molecular complexity index is 843. The van der Waals surface area contributed by atoms with Crippen LogP contribution in [0.2, 0.25) is 0 Å². The molecular weight excluding hydrogens is 279 g/mol. The Hall–Kier alpha value is -2.62. The van der Waals surface area contributed by atoms with Gasteiger partial charge in [-0.05, 0) is 48.2 Å². The van der Waals surface area contributed by atoms with Crippen LogP contribution in [-0.2, 0) is 12.8 Å². The van der Waals surface area contributed by atoms with E-state index in [0.29, 0.717) is 11.1 Å². The third kappa shape index (κ3) is 2.26. The monoisotopic (exact) mass is 294 g/mol. The van der Waals surface area contributed by atoms with E-state index in [2.05, 4.69) is 22.4 Å². The second kappa shape index (κ2) is 4.98. The molecule has 1 aliphatic rings. The molecule has 0 radical (unpaired) electrons. The van der Waals surface area contributed by atoms with E-state index < -0.39 is 0 Å². The van der Waals surface area contributed by atoms with Crippen LogP contribution in [0.1, 0.15) is 21.6 Å². The van der Waals surface area contributed by atoms with E-state index in [0.717, 1.165) is 18.4 Å². The molecule has 0 bridgehead atoms. The Kier molecular flexibility index (Phi) is 2.96. The summed E-state index contributed by atoms with van der Waals surface area (Å²) in [6.45, 7) is 0. The highest BCUT2D eigenvalue weighted by Crippen LogP contribution is 2.22. The van der Waals surface area contributed by atoms with Crippen molar-refractivity contribution in [2.45, 2.75) is 18.9 Å². The lowest BCUT2D eigenvalue weighted by molar-refractivity contribution is 0.0934. The maximum Gasteiger partial charge on any atom is 0.267 e. The molecule has 2 N–H and O–H groups in total. The largest absolute Gasteiger partial charge is 0.351 e. The molecule has 3 aromatic rings. The minimum atomic E-state index is -0.301. The number of rotatable bonds is 2. The average molecular weight is 294 g/mol. The smallest absolute Gasteiger partial charge is 0.267 e. The SMILES string of the molecule is O=C(NC1Cc2ccccc2C1)c1cc2cc(F)ccc2[nH]1. The van der Waals surface area contributed by atoms with Crippen molar-refractivity contribution in [2.75, 3.05) is 0 Å². The van der Waals surface area contributed by atoms with Crippen molar-refractivity contribution in [1.29, 1.82) is 0 Å². The first-order chi connectivity index (χ1) is 10.7. The Morgan fingerprint density at radius 1 is 1.09 bits per heavy atom. The van der Waals surface area contributed by atoms with Crippen molar-refractivity contribution in [1.82, 2.24) is 10.3 Å². The predicted octanol–water partition coefficient (Wildman–Crippen LogP) is 3.20. The van der Waals surface area contributed by atoms with Crippen molar-refractivity contribution in [3.8, 4) is 0 Å². The molecule has 1 aliphatic carbocycles. The molecule has 0 fully saturated rings. The summed E-state index contributed by atoms with van der Waals surface area (Å²) in [5.41, 5.74) is 3.83. The lowest BCUT2D eigenvalue weighted by Gasteiger charge is -2.10. The van der Waals surface area contributed by atoms with E-state index in [-0.39, 0.29) is 17.8 Å². The van der Waals surface area contributed by atoms with Crippen molar-refractivity contribution in [2.24, 2.45) is 0 Å². The zero-order valence-electron chi connectivity index (χ0n) is 11.9. The summed E-state index contributed by atoms with van der Waals surface area (Å²) in [5, 5.41) is 3.76. The van der Waals surface area contributed by atoms with Gasteiger partial charge in [-0.1, -0.05) is 24.3 Å². The van der Waals surface area contributed by atoms with Gasteiger partial charge in [0, 0.05) is 16.9 Å². The van der Waals surface area contributed by atoms with Crippen molar-refractivity contribution in [3.63, 3.8) is 0 Å². The summed E-state index contributed by atoms with van der Waals surface area (Å²) < 4.78 is 13.2. The van der Waals surface area contributed by atoms with Crippen molar-refractivity contribution >= 4 is 16.8 Å². The number of halogens is 1. The molecule has 0 saturated carbocycles. The lowest BCUT2D eigenvalue weighted by Crippen LogP contribution is -2.35. The van der Waals surface area contributed by atoms with Gasteiger partial charge in [0.25, 0.3) is 5.91 Å². The van der Waals surface area contributed by atoms with Gasteiger partial charge in [0.1, 0.15) is 11.5 Å². The molecule has 0 saturated heterocycles. The highest BCUT2D eigenvalue weighted by Gasteiger charge is 2.23. The van der Waals surface area contributed by atoms with Gasteiger partial charge in [0.15, 0.2) is 0 Å².